The van der Waals surface area contributed by atoms with E-state index in [2.05, 4.69) is 20.0 Å². The summed E-state index contributed by atoms with van der Waals surface area (Å²) in [5.41, 5.74) is 2.17. The smallest absolute Gasteiger partial charge is 0.328 e. The monoisotopic (exact) mass is 504 g/mol. The minimum absolute atomic E-state index is 0.109. The molecule has 10 nitrogen and oxygen atoms in total. The van der Waals surface area contributed by atoms with Crippen LogP contribution in [0.25, 0.3) is 11.3 Å². The van der Waals surface area contributed by atoms with E-state index >= 15 is 0 Å². The normalized spacial score (nSPS) is 12.1. The fourth-order valence-electron chi connectivity index (χ4n) is 3.01. The highest BCUT2D eigenvalue weighted by Crippen LogP contribution is 2.27. The van der Waals surface area contributed by atoms with E-state index in [4.69, 9.17) is 21.8 Å². The molecule has 2 aromatic carbocycles. The van der Waals surface area contributed by atoms with Gasteiger partial charge >= 0.3 is 5.97 Å². The van der Waals surface area contributed by atoms with Crippen LogP contribution in [0.15, 0.2) is 53.7 Å². The summed E-state index contributed by atoms with van der Waals surface area (Å²) in [6.07, 6.45) is 2.45. The van der Waals surface area contributed by atoms with Crippen LogP contribution in [0.5, 0.6) is 0 Å². The summed E-state index contributed by atoms with van der Waals surface area (Å²) < 4.78 is 28.4. The van der Waals surface area contributed by atoms with Crippen LogP contribution in [0.3, 0.4) is 0 Å². The molecule has 0 bridgehead atoms. The van der Waals surface area contributed by atoms with Gasteiger partial charge in [0, 0.05) is 16.3 Å². The van der Waals surface area contributed by atoms with Gasteiger partial charge in [0.05, 0.1) is 29.6 Å². The van der Waals surface area contributed by atoms with Gasteiger partial charge in [-0.3, -0.25) is 14.5 Å². The number of aliphatic hydroxyl groups is 1. The van der Waals surface area contributed by atoms with Crippen LogP contribution in [0.1, 0.15) is 21.6 Å². The molecule has 1 amide bonds. The second-order valence-corrected chi connectivity index (χ2v) is 9.44. The molecule has 34 heavy (non-hydrogen) atoms. The number of carboxylic acids is 1. The number of nitrogens with zero attached hydrogens (tertiary/aromatic N) is 2. The maximum Gasteiger partial charge on any atom is 0.328 e. The molecular weight excluding hydrogens is 484 g/mol. The zero-order chi connectivity index (χ0) is 25.0. The minimum Gasteiger partial charge on any atom is -0.480 e. The number of aryl methyl sites for hydroxylation is 2. The molecule has 1 heterocycles. The Balaban J connectivity index is 1.81. The van der Waals surface area contributed by atoms with Crippen molar-refractivity contribution in [3.8, 4) is 11.3 Å². The van der Waals surface area contributed by atoms with Gasteiger partial charge in [-0.15, -0.1) is 0 Å². The molecule has 3 rings (SSSR count). The quantitative estimate of drug-likeness (QED) is 0.364. The molecule has 1 atom stereocenters. The Labute approximate surface area is 200 Å². The maximum absolute atomic E-state index is 12.9. The maximum atomic E-state index is 12.9. The third kappa shape index (κ3) is 5.68. The summed E-state index contributed by atoms with van der Waals surface area (Å²) in [5.74, 6) is -2.20. The van der Waals surface area contributed by atoms with Gasteiger partial charge in [0.2, 0.25) is 0 Å². The number of sulfonamides is 1. The van der Waals surface area contributed by atoms with Gasteiger partial charge in [-0.1, -0.05) is 23.7 Å². The van der Waals surface area contributed by atoms with E-state index in [-0.39, 0.29) is 10.6 Å². The van der Waals surface area contributed by atoms with Crippen molar-refractivity contribution < 1.29 is 28.2 Å². The van der Waals surface area contributed by atoms with E-state index in [1.54, 1.807) is 44.2 Å². The molecule has 1 unspecified atom stereocenters. The summed E-state index contributed by atoms with van der Waals surface area (Å²) in [4.78, 5) is 31.3. The second kappa shape index (κ2) is 10.2. The van der Waals surface area contributed by atoms with Gasteiger partial charge < -0.3 is 15.5 Å². The molecule has 0 aliphatic carbocycles. The van der Waals surface area contributed by atoms with Gasteiger partial charge in [-0.2, -0.15) is 0 Å². The lowest BCUT2D eigenvalue weighted by molar-refractivity contribution is -0.140. The molecule has 0 fully saturated rings. The van der Waals surface area contributed by atoms with Crippen LogP contribution in [0.2, 0.25) is 5.02 Å². The van der Waals surface area contributed by atoms with Crippen molar-refractivity contribution >= 4 is 39.2 Å². The standard InChI is InChI=1S/C22H21ClN4O6S/c1-12-7-20(13(2)6-16(12)23)34(32,33)27-15-5-3-4-14(8-15)17-9-25-18(10-24-17)21(29)26-19(11-28)22(30)31/h3-10,19,27-28H,11H2,1-2H3,(H,26,29)(H,30,31). The van der Waals surface area contributed by atoms with E-state index in [1.165, 1.54) is 12.3 Å². The zero-order valence-electron chi connectivity index (χ0n) is 18.1. The lowest BCUT2D eigenvalue weighted by Crippen LogP contribution is -2.43. The second-order valence-electron chi connectivity index (χ2n) is 7.39. The highest BCUT2D eigenvalue weighted by Gasteiger charge is 2.21. The number of carbonyl (C=O) groups excluding carboxylic acids is 1. The average Bonchev–Trinajstić information content (AvgIpc) is 2.79. The molecule has 4 N–H and O–H groups in total. The van der Waals surface area contributed by atoms with Gasteiger partial charge in [0.25, 0.3) is 15.9 Å². The number of hydrogen-bond acceptors (Lipinski definition) is 7. The fraction of sp³-hybridized carbons (Fsp3) is 0.182. The number of aromatic nitrogens is 2. The zero-order valence-corrected chi connectivity index (χ0v) is 19.7. The summed E-state index contributed by atoms with van der Waals surface area (Å²) in [6.45, 7) is 2.60. The third-order valence-corrected chi connectivity index (χ3v) is 6.76. The molecule has 0 aliphatic rings. The molecule has 178 valence electrons. The van der Waals surface area contributed by atoms with E-state index in [0.717, 1.165) is 6.20 Å². The van der Waals surface area contributed by atoms with E-state index in [0.29, 0.717) is 33.1 Å². The first-order valence-electron chi connectivity index (χ1n) is 9.88. The van der Waals surface area contributed by atoms with Crippen molar-refractivity contribution in [2.45, 2.75) is 24.8 Å². The number of carboxylic acid groups (broad SMARTS) is 1. The minimum atomic E-state index is -3.89. The SMILES string of the molecule is Cc1cc(S(=O)(=O)Nc2cccc(-c3cnc(C(=O)NC(CO)C(=O)O)cn3)c2)c(C)cc1Cl. The summed E-state index contributed by atoms with van der Waals surface area (Å²) in [6, 6.07) is 8.09. The van der Waals surface area contributed by atoms with E-state index < -0.39 is 34.5 Å². The number of nitrogens with one attached hydrogen (secondary N) is 2. The van der Waals surface area contributed by atoms with Crippen LogP contribution >= 0.6 is 11.6 Å². The first kappa shape index (κ1) is 25.1. The molecule has 0 aliphatic heterocycles. The van der Waals surface area contributed by atoms with Crippen LogP contribution in [0.4, 0.5) is 5.69 Å². The van der Waals surface area contributed by atoms with Crippen LogP contribution in [0, 0.1) is 13.8 Å². The summed E-state index contributed by atoms with van der Waals surface area (Å²) in [5, 5.41) is 20.5. The average molecular weight is 505 g/mol. The van der Waals surface area contributed by atoms with Gasteiger partial charge in [0.1, 0.15) is 5.69 Å². The molecular formula is C22H21ClN4O6S. The number of aliphatic hydroxyl groups excluding tert-OH is 1. The van der Waals surface area contributed by atoms with Crippen molar-refractivity contribution in [2.75, 3.05) is 11.3 Å². The van der Waals surface area contributed by atoms with Gasteiger partial charge in [-0.25, -0.2) is 18.2 Å². The van der Waals surface area contributed by atoms with Crippen molar-refractivity contribution in [1.82, 2.24) is 15.3 Å². The van der Waals surface area contributed by atoms with E-state index in [1.807, 2.05) is 0 Å². The number of carbonyl (C=O) groups is 2. The van der Waals surface area contributed by atoms with Gasteiger partial charge in [-0.05, 0) is 49.2 Å². The first-order chi connectivity index (χ1) is 16.0. The Morgan fingerprint density at radius 3 is 2.44 bits per heavy atom. The highest BCUT2D eigenvalue weighted by atomic mass is 35.5. The number of halogens is 1. The number of anilines is 1. The van der Waals surface area contributed by atoms with Crippen molar-refractivity contribution in [2.24, 2.45) is 0 Å². The van der Waals surface area contributed by atoms with Crippen LogP contribution in [-0.4, -0.2) is 53.1 Å². The van der Waals surface area contributed by atoms with Crippen molar-refractivity contribution in [1.29, 1.82) is 0 Å². The largest absolute Gasteiger partial charge is 0.480 e. The molecule has 0 saturated carbocycles. The third-order valence-electron chi connectivity index (χ3n) is 4.83. The van der Waals surface area contributed by atoms with Crippen LogP contribution in [-0.2, 0) is 14.8 Å². The summed E-state index contributed by atoms with van der Waals surface area (Å²) in [7, 11) is -3.89. The Morgan fingerprint density at radius 2 is 1.82 bits per heavy atom. The lowest BCUT2D eigenvalue weighted by atomic mass is 10.1. The predicted octanol–water partition coefficient (Wildman–Crippen LogP) is 2.39. The van der Waals surface area contributed by atoms with Crippen molar-refractivity contribution in [3.63, 3.8) is 0 Å². The molecule has 1 aromatic heterocycles. The molecule has 3 aromatic rings. The lowest BCUT2D eigenvalue weighted by Gasteiger charge is -2.13. The fourth-order valence-corrected chi connectivity index (χ4v) is 4.59. The first-order valence-corrected chi connectivity index (χ1v) is 11.7. The molecule has 0 saturated heterocycles. The molecule has 0 spiro atoms. The topological polar surface area (TPSA) is 159 Å². The Kier molecular flexibility index (Phi) is 7.50. The summed E-state index contributed by atoms with van der Waals surface area (Å²) >= 11 is 6.07. The van der Waals surface area contributed by atoms with Crippen molar-refractivity contribution in [3.05, 3.63) is 70.6 Å². The molecule has 12 heteroatoms. The highest BCUT2D eigenvalue weighted by molar-refractivity contribution is 7.92. The van der Waals surface area contributed by atoms with Gasteiger partial charge in [0.15, 0.2) is 6.04 Å². The Hall–Kier alpha value is -3.54. The number of hydrogen-bond donors (Lipinski definition) is 4. The molecule has 0 radical (unpaired) electrons. The van der Waals surface area contributed by atoms with Crippen LogP contribution < -0.4 is 10.0 Å². The van der Waals surface area contributed by atoms with E-state index in [9.17, 15) is 18.0 Å². The number of rotatable bonds is 8. The number of amides is 1. The number of aliphatic carboxylic acids is 1. The Bertz CT molecular complexity index is 1350. The number of benzene rings is 2. The predicted molar refractivity (Wildman–Crippen MR) is 125 cm³/mol. The Morgan fingerprint density at radius 1 is 1.09 bits per heavy atom.